The summed E-state index contributed by atoms with van der Waals surface area (Å²) in [5, 5.41) is 6.35. The average Bonchev–Trinajstić information content (AvgIpc) is 2.93. The fourth-order valence-corrected chi connectivity index (χ4v) is 3.15. The second-order valence-corrected chi connectivity index (χ2v) is 6.31. The van der Waals surface area contributed by atoms with Crippen LogP contribution in [0.3, 0.4) is 0 Å². The van der Waals surface area contributed by atoms with Gasteiger partial charge in [-0.1, -0.05) is 0 Å². The van der Waals surface area contributed by atoms with Crippen molar-refractivity contribution in [1.29, 1.82) is 0 Å². The predicted octanol–water partition coefficient (Wildman–Crippen LogP) is 1.99. The highest BCUT2D eigenvalue weighted by molar-refractivity contribution is 5.77. The number of nitrogens with one attached hydrogen (secondary N) is 2. The van der Waals surface area contributed by atoms with Crippen LogP contribution in [0, 0.1) is 12.7 Å². The number of carbonyl (C=O) groups is 1. The summed E-state index contributed by atoms with van der Waals surface area (Å²) in [6.45, 7) is 2.54. The number of imidazole rings is 1. The van der Waals surface area contributed by atoms with Gasteiger partial charge in [0.05, 0.1) is 18.8 Å². The first-order valence-electron chi connectivity index (χ1n) is 8.33. The van der Waals surface area contributed by atoms with Gasteiger partial charge >= 0.3 is 0 Å². The molecule has 0 unspecified atom stereocenters. The van der Waals surface area contributed by atoms with E-state index in [4.69, 9.17) is 4.74 Å². The van der Waals surface area contributed by atoms with E-state index in [1.54, 1.807) is 12.1 Å². The molecule has 2 N–H and O–H groups in total. The van der Waals surface area contributed by atoms with Crippen molar-refractivity contribution in [3.05, 3.63) is 47.3 Å². The summed E-state index contributed by atoms with van der Waals surface area (Å²) < 4.78 is 21.6. The molecule has 134 valence electrons. The molecule has 0 saturated carbocycles. The Bertz CT molecular complexity index is 774. The molecule has 6 nitrogen and oxygen atoms in total. The number of ether oxygens (including phenoxy) is 1. The van der Waals surface area contributed by atoms with E-state index in [1.165, 1.54) is 13.2 Å². The number of rotatable bonds is 5. The number of piperidine rings is 1. The van der Waals surface area contributed by atoms with Crippen LogP contribution in [0.2, 0.25) is 0 Å². The van der Waals surface area contributed by atoms with Crippen LogP contribution in [0.5, 0.6) is 5.75 Å². The lowest BCUT2D eigenvalue weighted by molar-refractivity contribution is -0.123. The van der Waals surface area contributed by atoms with Gasteiger partial charge in [-0.25, -0.2) is 9.37 Å². The quantitative estimate of drug-likeness (QED) is 0.869. The number of aromatic nitrogens is 2. The van der Waals surface area contributed by atoms with Crippen molar-refractivity contribution in [2.24, 2.45) is 7.05 Å². The molecule has 0 radical (unpaired) electrons. The van der Waals surface area contributed by atoms with Crippen LogP contribution < -0.4 is 15.4 Å². The summed E-state index contributed by atoms with van der Waals surface area (Å²) >= 11 is 0. The number of amides is 1. The third kappa shape index (κ3) is 3.66. The van der Waals surface area contributed by atoms with E-state index in [0.717, 1.165) is 11.5 Å². The number of hydrogen-bond acceptors (Lipinski definition) is 4. The van der Waals surface area contributed by atoms with E-state index in [9.17, 15) is 9.18 Å². The maximum absolute atomic E-state index is 14.4. The Morgan fingerprint density at radius 3 is 2.96 bits per heavy atom. The van der Waals surface area contributed by atoms with E-state index in [1.807, 2.05) is 24.7 Å². The summed E-state index contributed by atoms with van der Waals surface area (Å²) in [7, 11) is 3.50. The van der Waals surface area contributed by atoms with Crippen molar-refractivity contribution in [3.8, 4) is 5.75 Å². The number of hydrogen-bond donors (Lipinski definition) is 2. The van der Waals surface area contributed by atoms with Gasteiger partial charge in [-0.05, 0) is 31.5 Å². The maximum Gasteiger partial charge on any atom is 0.220 e. The SMILES string of the molecule is COc1ccc(F)c([C@@H]2NC(=O)CC[C@H]2NCc2cnc(C)n2C)c1. The average molecular weight is 346 g/mol. The molecule has 0 spiro atoms. The van der Waals surface area contributed by atoms with Gasteiger partial charge in [-0.3, -0.25) is 4.79 Å². The molecule has 2 aromatic rings. The molecule has 1 aliphatic heterocycles. The fourth-order valence-electron chi connectivity index (χ4n) is 3.15. The normalized spacial score (nSPS) is 20.4. The number of methoxy groups -OCH3 is 1. The van der Waals surface area contributed by atoms with Crippen molar-refractivity contribution >= 4 is 5.91 Å². The van der Waals surface area contributed by atoms with Gasteiger partial charge in [0, 0.05) is 37.8 Å². The predicted molar refractivity (Wildman–Crippen MR) is 91.6 cm³/mol. The van der Waals surface area contributed by atoms with Gasteiger partial charge in [0.1, 0.15) is 17.4 Å². The molecule has 25 heavy (non-hydrogen) atoms. The highest BCUT2D eigenvalue weighted by atomic mass is 19.1. The number of carbonyl (C=O) groups excluding carboxylic acids is 1. The molecular weight excluding hydrogens is 323 g/mol. The van der Waals surface area contributed by atoms with Crippen LogP contribution in [0.1, 0.15) is 36.0 Å². The van der Waals surface area contributed by atoms with Crippen LogP contribution in [0.15, 0.2) is 24.4 Å². The summed E-state index contributed by atoms with van der Waals surface area (Å²) in [4.78, 5) is 16.2. The van der Waals surface area contributed by atoms with Crippen molar-refractivity contribution in [3.63, 3.8) is 0 Å². The molecular formula is C18H23FN4O2. The van der Waals surface area contributed by atoms with Crippen LogP contribution in [-0.2, 0) is 18.4 Å². The Morgan fingerprint density at radius 1 is 1.48 bits per heavy atom. The number of benzene rings is 1. The third-order valence-electron chi connectivity index (χ3n) is 4.80. The monoisotopic (exact) mass is 346 g/mol. The summed E-state index contributed by atoms with van der Waals surface area (Å²) in [6.07, 6.45) is 2.89. The molecule has 3 rings (SSSR count). The smallest absolute Gasteiger partial charge is 0.220 e. The Hall–Kier alpha value is -2.41. The molecule has 1 amide bonds. The Balaban J connectivity index is 1.81. The highest BCUT2D eigenvalue weighted by Crippen LogP contribution is 2.29. The van der Waals surface area contributed by atoms with E-state index >= 15 is 0 Å². The molecule has 7 heteroatoms. The topological polar surface area (TPSA) is 68.2 Å². The van der Waals surface area contributed by atoms with Crippen molar-refractivity contribution in [1.82, 2.24) is 20.2 Å². The minimum atomic E-state index is -0.439. The Morgan fingerprint density at radius 2 is 2.28 bits per heavy atom. The van der Waals surface area contributed by atoms with Crippen molar-refractivity contribution in [2.75, 3.05) is 7.11 Å². The lowest BCUT2D eigenvalue weighted by Gasteiger charge is -2.33. The maximum atomic E-state index is 14.4. The largest absolute Gasteiger partial charge is 0.497 e. The standard InChI is InChI=1S/C18H23FN4O2/c1-11-20-9-12(23(11)2)10-21-16-6-7-17(24)22-18(16)14-8-13(25-3)4-5-15(14)19/h4-5,8-9,16,18,21H,6-7,10H2,1-3H3,(H,22,24)/t16-,18+/m1/s1. The summed E-state index contributed by atoms with van der Waals surface area (Å²) in [5.41, 5.74) is 1.48. The third-order valence-corrected chi connectivity index (χ3v) is 4.80. The number of nitrogens with zero attached hydrogens (tertiary/aromatic N) is 2. The molecule has 1 aromatic heterocycles. The molecule has 2 atom stereocenters. The van der Waals surface area contributed by atoms with Gasteiger partial charge in [0.25, 0.3) is 0 Å². The van der Waals surface area contributed by atoms with Gasteiger partial charge in [0.2, 0.25) is 5.91 Å². The molecule has 1 fully saturated rings. The van der Waals surface area contributed by atoms with Crippen molar-refractivity contribution < 1.29 is 13.9 Å². The van der Waals surface area contributed by atoms with Gasteiger partial charge in [0.15, 0.2) is 0 Å². The fraction of sp³-hybridized carbons (Fsp3) is 0.444. The zero-order chi connectivity index (χ0) is 18.0. The first-order valence-corrected chi connectivity index (χ1v) is 8.33. The first kappa shape index (κ1) is 17.4. The first-order chi connectivity index (χ1) is 12.0. The molecule has 0 bridgehead atoms. The van der Waals surface area contributed by atoms with Crippen molar-refractivity contribution in [2.45, 2.75) is 38.4 Å². The second-order valence-electron chi connectivity index (χ2n) is 6.31. The van der Waals surface area contributed by atoms with Gasteiger partial charge in [-0.2, -0.15) is 0 Å². The lowest BCUT2D eigenvalue weighted by Crippen LogP contribution is -2.48. The van der Waals surface area contributed by atoms with Crippen LogP contribution in [-0.4, -0.2) is 28.6 Å². The lowest BCUT2D eigenvalue weighted by atomic mass is 9.91. The van der Waals surface area contributed by atoms with E-state index in [2.05, 4.69) is 15.6 Å². The minimum absolute atomic E-state index is 0.0679. The molecule has 0 aliphatic carbocycles. The minimum Gasteiger partial charge on any atom is -0.497 e. The van der Waals surface area contributed by atoms with E-state index in [0.29, 0.717) is 30.7 Å². The number of halogens is 1. The van der Waals surface area contributed by atoms with Crippen LogP contribution >= 0.6 is 0 Å². The highest BCUT2D eigenvalue weighted by Gasteiger charge is 2.31. The second kappa shape index (κ2) is 7.23. The van der Waals surface area contributed by atoms with Gasteiger partial charge in [-0.15, -0.1) is 0 Å². The zero-order valence-electron chi connectivity index (χ0n) is 14.7. The van der Waals surface area contributed by atoms with Gasteiger partial charge < -0.3 is 19.9 Å². The molecule has 1 aromatic carbocycles. The van der Waals surface area contributed by atoms with Crippen LogP contribution in [0.25, 0.3) is 0 Å². The zero-order valence-corrected chi connectivity index (χ0v) is 14.7. The summed E-state index contributed by atoms with van der Waals surface area (Å²) in [6, 6.07) is 4.08. The Labute approximate surface area is 146 Å². The molecule has 2 heterocycles. The van der Waals surface area contributed by atoms with Crippen LogP contribution in [0.4, 0.5) is 4.39 Å². The van der Waals surface area contributed by atoms with E-state index < -0.39 is 6.04 Å². The Kier molecular flexibility index (Phi) is 5.03. The molecule has 1 aliphatic rings. The number of aryl methyl sites for hydroxylation is 1. The molecule has 1 saturated heterocycles. The summed E-state index contributed by atoms with van der Waals surface area (Å²) in [5.74, 6) is 1.08. The van der Waals surface area contributed by atoms with E-state index in [-0.39, 0.29) is 17.8 Å².